The fourth-order valence-corrected chi connectivity index (χ4v) is 4.54. The average molecular weight is 549 g/mol. The van der Waals surface area contributed by atoms with Gasteiger partial charge >= 0.3 is 0 Å². The summed E-state index contributed by atoms with van der Waals surface area (Å²) in [6.07, 6.45) is 3.42. The van der Waals surface area contributed by atoms with Crippen LogP contribution in [-0.4, -0.2) is 35.0 Å². The molecule has 0 atom stereocenters. The molecule has 0 fully saturated rings. The lowest BCUT2D eigenvalue weighted by Crippen LogP contribution is -2.06. The van der Waals surface area contributed by atoms with E-state index in [4.69, 9.17) is 18.3 Å². The van der Waals surface area contributed by atoms with Crippen LogP contribution in [0.15, 0.2) is 106 Å². The van der Waals surface area contributed by atoms with E-state index in [0.29, 0.717) is 75.3 Å². The van der Waals surface area contributed by atoms with E-state index in [1.165, 1.54) is 36.8 Å². The number of ether oxygens (including phenoxy) is 2. The second-order valence-electron chi connectivity index (χ2n) is 9.42. The first kappa shape index (κ1) is 25.8. The molecule has 0 radical (unpaired) electrons. The van der Waals surface area contributed by atoms with Crippen molar-refractivity contribution in [2.45, 2.75) is 6.42 Å². The number of carbonyl (C=O) groups is 2. The summed E-state index contributed by atoms with van der Waals surface area (Å²) in [4.78, 5) is 25.9. The minimum absolute atomic E-state index is 0.0644. The lowest BCUT2D eigenvalue weighted by Gasteiger charge is -2.09. The number of phenolic OH excluding ortho intramolecular Hbond substituents is 2. The molecule has 0 bridgehead atoms. The SMILES string of the molecule is O=C(c1ccc(OCCCOc2ccc(C(=O)c3coc4ccc(O)cc34)cc2)cc1)c1coc2ccc(O)cc12. The summed E-state index contributed by atoms with van der Waals surface area (Å²) in [5.41, 5.74) is 2.79. The highest BCUT2D eigenvalue weighted by Crippen LogP contribution is 2.29. The lowest BCUT2D eigenvalue weighted by atomic mass is 10.0. The maximum Gasteiger partial charge on any atom is 0.196 e. The maximum atomic E-state index is 12.9. The van der Waals surface area contributed by atoms with Crippen molar-refractivity contribution < 1.29 is 38.1 Å². The van der Waals surface area contributed by atoms with Crippen molar-refractivity contribution in [2.24, 2.45) is 0 Å². The molecule has 0 aliphatic heterocycles. The standard InChI is InChI=1S/C33H24O8/c34-22-6-12-30-26(16-22)28(18-40-30)32(36)20-2-8-24(9-3-20)38-14-1-15-39-25-10-4-21(5-11-25)33(37)29-19-41-31-13-7-23(35)17-27(29)31/h2-13,16-19,34-35H,1,14-15H2. The van der Waals surface area contributed by atoms with E-state index in [0.717, 1.165) is 0 Å². The predicted molar refractivity (Wildman–Crippen MR) is 151 cm³/mol. The molecule has 0 saturated carbocycles. The molecule has 0 amide bonds. The first-order valence-corrected chi connectivity index (χ1v) is 12.9. The summed E-state index contributed by atoms with van der Waals surface area (Å²) < 4.78 is 22.4. The molecular weight excluding hydrogens is 524 g/mol. The molecular formula is C33H24O8. The minimum atomic E-state index is -0.209. The van der Waals surface area contributed by atoms with Gasteiger partial charge in [-0.05, 0) is 84.9 Å². The van der Waals surface area contributed by atoms with Crippen LogP contribution >= 0.6 is 0 Å². The highest BCUT2D eigenvalue weighted by molar-refractivity contribution is 6.16. The lowest BCUT2D eigenvalue weighted by molar-refractivity contribution is 0.103. The molecule has 2 N–H and O–H groups in total. The second-order valence-corrected chi connectivity index (χ2v) is 9.42. The van der Waals surface area contributed by atoms with Gasteiger partial charge in [0.2, 0.25) is 0 Å². The third kappa shape index (κ3) is 5.35. The Morgan fingerprint density at radius 3 is 1.41 bits per heavy atom. The number of carbonyl (C=O) groups excluding carboxylic acids is 2. The van der Waals surface area contributed by atoms with Crippen molar-refractivity contribution in [3.8, 4) is 23.0 Å². The Balaban J connectivity index is 0.983. The van der Waals surface area contributed by atoms with Crippen LogP contribution in [0.5, 0.6) is 23.0 Å². The van der Waals surface area contributed by atoms with E-state index < -0.39 is 0 Å². The molecule has 0 saturated heterocycles. The number of hydrogen-bond acceptors (Lipinski definition) is 8. The third-order valence-corrected chi connectivity index (χ3v) is 6.66. The Kier molecular flexibility index (Phi) is 6.87. The van der Waals surface area contributed by atoms with Gasteiger partial charge in [0.05, 0.1) is 24.3 Å². The van der Waals surface area contributed by atoms with Crippen LogP contribution in [0, 0.1) is 0 Å². The molecule has 2 heterocycles. The van der Waals surface area contributed by atoms with Gasteiger partial charge in [-0.25, -0.2) is 0 Å². The first-order valence-electron chi connectivity index (χ1n) is 12.9. The Morgan fingerprint density at radius 1 is 0.585 bits per heavy atom. The summed E-state index contributed by atoms with van der Waals surface area (Å²) in [5.74, 6) is 0.960. The van der Waals surface area contributed by atoms with E-state index in [1.807, 2.05) is 0 Å². The van der Waals surface area contributed by atoms with E-state index in [-0.39, 0.29) is 23.1 Å². The van der Waals surface area contributed by atoms with Gasteiger partial charge in [-0.1, -0.05) is 0 Å². The molecule has 0 unspecified atom stereocenters. The van der Waals surface area contributed by atoms with Crippen LogP contribution in [0.4, 0.5) is 0 Å². The Bertz CT molecular complexity index is 1720. The van der Waals surface area contributed by atoms with Crippen LogP contribution in [-0.2, 0) is 0 Å². The predicted octanol–water partition coefficient (Wildman–Crippen LogP) is 6.90. The highest BCUT2D eigenvalue weighted by Gasteiger charge is 2.17. The van der Waals surface area contributed by atoms with Gasteiger partial charge in [-0.2, -0.15) is 0 Å². The van der Waals surface area contributed by atoms with E-state index in [9.17, 15) is 19.8 Å². The van der Waals surface area contributed by atoms with Crippen LogP contribution in [0.3, 0.4) is 0 Å². The van der Waals surface area contributed by atoms with E-state index in [1.54, 1.807) is 60.7 Å². The molecule has 0 aliphatic carbocycles. The summed E-state index contributed by atoms with van der Waals surface area (Å²) in [5, 5.41) is 20.6. The number of benzene rings is 4. The Hall–Kier alpha value is -5.50. The van der Waals surface area contributed by atoms with Crippen LogP contribution in [0.2, 0.25) is 0 Å². The molecule has 0 spiro atoms. The zero-order valence-electron chi connectivity index (χ0n) is 21.7. The molecule has 41 heavy (non-hydrogen) atoms. The van der Waals surface area contributed by atoms with Gasteiger partial charge in [0.25, 0.3) is 0 Å². The van der Waals surface area contributed by atoms with Gasteiger partial charge in [0.1, 0.15) is 46.7 Å². The van der Waals surface area contributed by atoms with Crippen molar-refractivity contribution in [3.05, 3.63) is 120 Å². The van der Waals surface area contributed by atoms with Gasteiger partial charge in [0.15, 0.2) is 11.6 Å². The van der Waals surface area contributed by atoms with Crippen molar-refractivity contribution in [2.75, 3.05) is 13.2 Å². The molecule has 8 nitrogen and oxygen atoms in total. The number of aromatic hydroxyl groups is 2. The minimum Gasteiger partial charge on any atom is -0.508 e. The summed E-state index contributed by atoms with van der Waals surface area (Å²) in [6, 6.07) is 23.0. The summed E-state index contributed by atoms with van der Waals surface area (Å²) in [7, 11) is 0. The topological polar surface area (TPSA) is 119 Å². The molecule has 8 heteroatoms. The zero-order chi connectivity index (χ0) is 28.3. The number of furan rings is 2. The molecule has 6 aromatic rings. The first-order chi connectivity index (χ1) is 20.0. The smallest absolute Gasteiger partial charge is 0.196 e. The van der Waals surface area contributed by atoms with Crippen LogP contribution in [0.25, 0.3) is 21.9 Å². The van der Waals surface area contributed by atoms with Gasteiger partial charge in [-0.3, -0.25) is 9.59 Å². The molecule has 2 aromatic heterocycles. The summed E-state index contributed by atoms with van der Waals surface area (Å²) in [6.45, 7) is 0.825. The fraction of sp³-hybridized carbons (Fsp3) is 0.0909. The van der Waals surface area contributed by atoms with Crippen molar-refractivity contribution in [3.63, 3.8) is 0 Å². The monoisotopic (exact) mass is 548 g/mol. The highest BCUT2D eigenvalue weighted by atomic mass is 16.5. The number of rotatable bonds is 10. The molecule has 0 aliphatic rings. The maximum absolute atomic E-state index is 12.9. The second kappa shape index (κ2) is 10.9. The van der Waals surface area contributed by atoms with Gasteiger partial charge in [0, 0.05) is 28.3 Å². The molecule has 204 valence electrons. The van der Waals surface area contributed by atoms with Crippen LogP contribution in [0.1, 0.15) is 38.3 Å². The normalized spacial score (nSPS) is 11.1. The van der Waals surface area contributed by atoms with E-state index in [2.05, 4.69) is 0 Å². The Labute approximate surface area is 234 Å². The van der Waals surface area contributed by atoms with Crippen molar-refractivity contribution >= 4 is 33.5 Å². The summed E-state index contributed by atoms with van der Waals surface area (Å²) >= 11 is 0. The quantitative estimate of drug-likeness (QED) is 0.140. The van der Waals surface area contributed by atoms with E-state index >= 15 is 0 Å². The molecule has 4 aromatic carbocycles. The largest absolute Gasteiger partial charge is 0.508 e. The van der Waals surface area contributed by atoms with Gasteiger partial charge in [-0.15, -0.1) is 0 Å². The fourth-order valence-electron chi connectivity index (χ4n) is 4.54. The number of phenols is 2. The molecule has 6 rings (SSSR count). The Morgan fingerprint density at radius 2 is 1.00 bits per heavy atom. The number of hydrogen-bond donors (Lipinski definition) is 2. The number of ketones is 2. The van der Waals surface area contributed by atoms with Gasteiger partial charge < -0.3 is 28.5 Å². The number of fused-ring (bicyclic) bond motifs is 2. The zero-order valence-corrected chi connectivity index (χ0v) is 21.7. The van der Waals surface area contributed by atoms with Crippen molar-refractivity contribution in [1.82, 2.24) is 0 Å². The van der Waals surface area contributed by atoms with Crippen LogP contribution < -0.4 is 9.47 Å². The van der Waals surface area contributed by atoms with Crippen molar-refractivity contribution in [1.29, 1.82) is 0 Å². The third-order valence-electron chi connectivity index (χ3n) is 6.66. The average Bonchev–Trinajstić information content (AvgIpc) is 3.60.